The highest BCUT2D eigenvalue weighted by Crippen LogP contribution is 2.18. The van der Waals surface area contributed by atoms with Gasteiger partial charge in [-0.2, -0.15) is 0 Å². The molecule has 1 fully saturated rings. The molecule has 2 N–H and O–H groups in total. The van der Waals surface area contributed by atoms with Crippen molar-refractivity contribution in [1.82, 2.24) is 4.90 Å². The van der Waals surface area contributed by atoms with Crippen molar-refractivity contribution in [2.75, 3.05) is 19.7 Å². The van der Waals surface area contributed by atoms with E-state index in [4.69, 9.17) is 10.2 Å². The van der Waals surface area contributed by atoms with Gasteiger partial charge in [0.2, 0.25) is 5.91 Å². The zero-order valence-electron chi connectivity index (χ0n) is 10.3. The van der Waals surface area contributed by atoms with Gasteiger partial charge in [-0.15, -0.1) is 0 Å². The molecule has 0 aliphatic carbocycles. The summed E-state index contributed by atoms with van der Waals surface area (Å²) in [7, 11) is 0. The first kappa shape index (κ1) is 13.7. The molecule has 1 amide bonds. The second kappa shape index (κ2) is 5.82. The maximum Gasteiger partial charge on any atom is 0.331 e. The summed E-state index contributed by atoms with van der Waals surface area (Å²) < 4.78 is 0. The van der Waals surface area contributed by atoms with Crippen LogP contribution in [0.1, 0.15) is 26.7 Å². The molecule has 96 valence electrons. The van der Waals surface area contributed by atoms with Crippen LogP contribution in [-0.2, 0) is 9.59 Å². The first-order valence-electron chi connectivity index (χ1n) is 5.78. The Labute approximate surface area is 101 Å². The maximum absolute atomic E-state index is 12.0. The number of carboxylic acid groups (broad SMARTS) is 1. The Morgan fingerprint density at radius 1 is 1.29 bits per heavy atom. The molecular weight excluding hydrogens is 222 g/mol. The molecule has 1 rings (SSSR count). The number of amides is 1. The Hall–Kier alpha value is -1.36. The molecule has 0 bridgehead atoms. The van der Waals surface area contributed by atoms with Crippen LogP contribution in [0.15, 0.2) is 11.1 Å². The van der Waals surface area contributed by atoms with E-state index in [-0.39, 0.29) is 29.6 Å². The number of hydrogen-bond donors (Lipinski definition) is 2. The normalized spacial score (nSPS) is 22.1. The first-order valence-corrected chi connectivity index (χ1v) is 5.78. The van der Waals surface area contributed by atoms with E-state index in [1.807, 2.05) is 0 Å². The molecular formula is C12H19NO4. The molecule has 17 heavy (non-hydrogen) atoms. The third-order valence-electron chi connectivity index (χ3n) is 3.27. The molecule has 0 spiro atoms. The van der Waals surface area contributed by atoms with E-state index in [0.29, 0.717) is 13.1 Å². The summed E-state index contributed by atoms with van der Waals surface area (Å²) in [5.74, 6) is -1.18. The van der Waals surface area contributed by atoms with Gasteiger partial charge in [-0.05, 0) is 32.6 Å². The minimum atomic E-state index is -1.06. The van der Waals surface area contributed by atoms with Crippen molar-refractivity contribution < 1.29 is 19.8 Å². The highest BCUT2D eigenvalue weighted by atomic mass is 16.4. The summed E-state index contributed by atoms with van der Waals surface area (Å²) in [6.07, 6.45) is 1.78. The van der Waals surface area contributed by atoms with Gasteiger partial charge in [-0.25, -0.2) is 4.79 Å². The molecule has 5 nitrogen and oxygen atoms in total. The lowest BCUT2D eigenvalue weighted by Crippen LogP contribution is -2.41. The van der Waals surface area contributed by atoms with Crippen LogP contribution in [0.4, 0.5) is 0 Å². The van der Waals surface area contributed by atoms with Gasteiger partial charge in [0.1, 0.15) is 0 Å². The van der Waals surface area contributed by atoms with Crippen LogP contribution < -0.4 is 0 Å². The Balaban J connectivity index is 2.76. The highest BCUT2D eigenvalue weighted by molar-refractivity contribution is 6.01. The quantitative estimate of drug-likeness (QED) is 0.711. The average molecular weight is 241 g/mol. The van der Waals surface area contributed by atoms with Crippen molar-refractivity contribution in [2.45, 2.75) is 26.7 Å². The molecule has 0 saturated carbocycles. The largest absolute Gasteiger partial charge is 0.478 e. The standard InChI is InChI=1S/C12H19NO4/c1-8(9(2)12(16)17)11(15)13-5-3-4-10(6-13)7-14/h10,14H,3-7H2,1-2H3,(H,16,17). The van der Waals surface area contributed by atoms with Gasteiger partial charge < -0.3 is 15.1 Å². The number of piperidine rings is 1. The summed E-state index contributed by atoms with van der Waals surface area (Å²) >= 11 is 0. The fraction of sp³-hybridized carbons (Fsp3) is 0.667. The Morgan fingerprint density at radius 2 is 1.94 bits per heavy atom. The van der Waals surface area contributed by atoms with Crippen LogP contribution in [0.2, 0.25) is 0 Å². The van der Waals surface area contributed by atoms with Gasteiger partial charge in [0.05, 0.1) is 0 Å². The minimum Gasteiger partial charge on any atom is -0.478 e. The molecule has 1 unspecified atom stereocenters. The van der Waals surface area contributed by atoms with Crippen molar-refractivity contribution in [3.63, 3.8) is 0 Å². The lowest BCUT2D eigenvalue weighted by atomic mass is 9.98. The SMILES string of the molecule is CC(C(=O)O)=C(C)C(=O)N1CCCC(CO)C1. The van der Waals surface area contributed by atoms with Crippen LogP contribution in [0, 0.1) is 5.92 Å². The zero-order chi connectivity index (χ0) is 13.0. The minimum absolute atomic E-state index is 0.0739. The molecule has 0 aromatic carbocycles. The van der Waals surface area contributed by atoms with Gasteiger partial charge >= 0.3 is 5.97 Å². The molecule has 1 saturated heterocycles. The molecule has 0 radical (unpaired) electrons. The van der Waals surface area contributed by atoms with Crippen molar-refractivity contribution in [2.24, 2.45) is 5.92 Å². The van der Waals surface area contributed by atoms with Gasteiger partial charge in [0, 0.05) is 30.8 Å². The smallest absolute Gasteiger partial charge is 0.331 e. The van der Waals surface area contributed by atoms with E-state index in [2.05, 4.69) is 0 Å². The van der Waals surface area contributed by atoms with Gasteiger partial charge in [-0.1, -0.05) is 0 Å². The highest BCUT2D eigenvalue weighted by Gasteiger charge is 2.25. The van der Waals surface area contributed by atoms with Crippen LogP contribution >= 0.6 is 0 Å². The number of carboxylic acids is 1. The van der Waals surface area contributed by atoms with Crippen LogP contribution in [0.3, 0.4) is 0 Å². The van der Waals surface area contributed by atoms with Crippen molar-refractivity contribution in [1.29, 1.82) is 0 Å². The van der Waals surface area contributed by atoms with Crippen molar-refractivity contribution in [3.05, 3.63) is 11.1 Å². The van der Waals surface area contributed by atoms with Gasteiger partial charge in [0.25, 0.3) is 0 Å². The second-order valence-corrected chi connectivity index (χ2v) is 4.50. The zero-order valence-corrected chi connectivity index (χ0v) is 10.3. The van der Waals surface area contributed by atoms with E-state index in [9.17, 15) is 9.59 Å². The fourth-order valence-corrected chi connectivity index (χ4v) is 1.96. The molecule has 1 heterocycles. The molecule has 1 atom stereocenters. The molecule has 5 heteroatoms. The van der Waals surface area contributed by atoms with Crippen LogP contribution in [0.5, 0.6) is 0 Å². The summed E-state index contributed by atoms with van der Waals surface area (Å²) in [5.41, 5.74) is 0.359. The van der Waals surface area contributed by atoms with Crippen LogP contribution in [0.25, 0.3) is 0 Å². The number of aliphatic hydroxyl groups excluding tert-OH is 1. The number of likely N-dealkylation sites (tertiary alicyclic amines) is 1. The predicted molar refractivity (Wildman–Crippen MR) is 62.4 cm³/mol. The van der Waals surface area contributed by atoms with E-state index in [1.54, 1.807) is 4.90 Å². The summed E-state index contributed by atoms with van der Waals surface area (Å²) in [6.45, 7) is 4.20. The topological polar surface area (TPSA) is 77.8 Å². The van der Waals surface area contributed by atoms with Gasteiger partial charge in [0.15, 0.2) is 0 Å². The fourth-order valence-electron chi connectivity index (χ4n) is 1.96. The first-order chi connectivity index (χ1) is 7.97. The molecule has 0 aromatic heterocycles. The van der Waals surface area contributed by atoms with E-state index in [0.717, 1.165) is 12.8 Å². The number of hydrogen-bond acceptors (Lipinski definition) is 3. The third kappa shape index (κ3) is 3.30. The monoisotopic (exact) mass is 241 g/mol. The number of nitrogens with zero attached hydrogens (tertiary/aromatic N) is 1. The molecule has 1 aliphatic rings. The third-order valence-corrected chi connectivity index (χ3v) is 3.27. The maximum atomic E-state index is 12.0. The van der Waals surface area contributed by atoms with Crippen molar-refractivity contribution >= 4 is 11.9 Å². The Morgan fingerprint density at radius 3 is 2.47 bits per heavy atom. The lowest BCUT2D eigenvalue weighted by molar-refractivity contribution is -0.134. The number of aliphatic carboxylic acids is 1. The predicted octanol–water partition coefficient (Wildman–Crippen LogP) is 0.638. The molecule has 1 aliphatic heterocycles. The van der Waals surface area contributed by atoms with E-state index < -0.39 is 5.97 Å². The number of carbonyl (C=O) groups excluding carboxylic acids is 1. The average Bonchev–Trinajstić information content (AvgIpc) is 2.36. The van der Waals surface area contributed by atoms with Crippen molar-refractivity contribution in [3.8, 4) is 0 Å². The summed E-state index contributed by atoms with van der Waals surface area (Å²) in [6, 6.07) is 0. The summed E-state index contributed by atoms with van der Waals surface area (Å²) in [4.78, 5) is 24.4. The number of carbonyl (C=O) groups is 2. The Bertz CT molecular complexity index is 348. The van der Waals surface area contributed by atoms with Crippen LogP contribution in [-0.4, -0.2) is 46.7 Å². The molecule has 0 aromatic rings. The Kier molecular flexibility index (Phi) is 4.69. The summed E-state index contributed by atoms with van der Waals surface area (Å²) in [5, 5.41) is 17.9. The van der Waals surface area contributed by atoms with Gasteiger partial charge in [-0.3, -0.25) is 4.79 Å². The second-order valence-electron chi connectivity index (χ2n) is 4.50. The number of rotatable bonds is 3. The number of aliphatic hydroxyl groups is 1. The van der Waals surface area contributed by atoms with E-state index in [1.165, 1.54) is 13.8 Å². The lowest BCUT2D eigenvalue weighted by Gasteiger charge is -2.32. The van der Waals surface area contributed by atoms with E-state index >= 15 is 0 Å².